The van der Waals surface area contributed by atoms with E-state index in [4.69, 9.17) is 9.31 Å². The Kier molecular flexibility index (Phi) is 3.81. The van der Waals surface area contributed by atoms with Crippen molar-refractivity contribution in [2.45, 2.75) is 57.8 Å². The van der Waals surface area contributed by atoms with Gasteiger partial charge in [0.2, 0.25) is 6.41 Å². The number of carbonyl (C=O) groups is 1. The van der Waals surface area contributed by atoms with Crippen LogP contribution in [0.2, 0.25) is 0 Å². The summed E-state index contributed by atoms with van der Waals surface area (Å²) >= 11 is 0. The number of piperidine rings is 1. The summed E-state index contributed by atoms with van der Waals surface area (Å²) in [5.41, 5.74) is 0.279. The standard InChI is InChI=1S/C15H24BN3O3/c1-14(2)15(3,4)22-16(21-14)12-9-17-19(10-12)13-5-7-18(11-20)8-6-13/h9-11,13H,5-8H2,1-4H3. The van der Waals surface area contributed by atoms with Gasteiger partial charge in [-0.15, -0.1) is 0 Å². The fourth-order valence-electron chi connectivity index (χ4n) is 2.91. The first-order chi connectivity index (χ1) is 10.3. The van der Waals surface area contributed by atoms with Crippen LogP contribution in [0.1, 0.15) is 46.6 Å². The van der Waals surface area contributed by atoms with Crippen LogP contribution in [0, 0.1) is 0 Å². The topological polar surface area (TPSA) is 56.6 Å². The maximum atomic E-state index is 10.8. The van der Waals surface area contributed by atoms with Gasteiger partial charge in [-0.25, -0.2) is 0 Å². The van der Waals surface area contributed by atoms with Gasteiger partial charge in [-0.1, -0.05) is 0 Å². The summed E-state index contributed by atoms with van der Waals surface area (Å²) in [7, 11) is -0.367. The van der Waals surface area contributed by atoms with E-state index < -0.39 is 0 Å². The van der Waals surface area contributed by atoms with Gasteiger partial charge in [0.05, 0.1) is 17.2 Å². The summed E-state index contributed by atoms with van der Waals surface area (Å²) < 4.78 is 14.1. The Balaban J connectivity index is 1.69. The molecule has 22 heavy (non-hydrogen) atoms. The molecule has 0 bridgehead atoms. The fraction of sp³-hybridized carbons (Fsp3) is 0.733. The number of rotatable bonds is 3. The molecular weight excluding hydrogens is 281 g/mol. The van der Waals surface area contributed by atoms with Gasteiger partial charge in [-0.2, -0.15) is 5.10 Å². The molecule has 2 fully saturated rings. The zero-order valence-electron chi connectivity index (χ0n) is 13.8. The van der Waals surface area contributed by atoms with E-state index in [0.717, 1.165) is 37.8 Å². The van der Waals surface area contributed by atoms with Crippen LogP contribution in [0.3, 0.4) is 0 Å². The van der Waals surface area contributed by atoms with E-state index in [-0.39, 0.29) is 18.3 Å². The van der Waals surface area contributed by atoms with Gasteiger partial charge in [-0.05, 0) is 40.5 Å². The SMILES string of the molecule is CC1(C)OB(c2cnn(C3CCN(C=O)CC3)c2)OC1(C)C. The quantitative estimate of drug-likeness (QED) is 0.617. The van der Waals surface area contributed by atoms with Crippen LogP contribution in [0.4, 0.5) is 0 Å². The zero-order valence-corrected chi connectivity index (χ0v) is 13.8. The highest BCUT2D eigenvalue weighted by Gasteiger charge is 2.52. The first-order valence-electron chi connectivity index (χ1n) is 7.91. The molecule has 2 aliphatic heterocycles. The number of amides is 1. The summed E-state index contributed by atoms with van der Waals surface area (Å²) in [4.78, 5) is 12.6. The summed E-state index contributed by atoms with van der Waals surface area (Å²) in [5, 5.41) is 4.48. The van der Waals surface area contributed by atoms with Crippen molar-refractivity contribution in [3.63, 3.8) is 0 Å². The lowest BCUT2D eigenvalue weighted by molar-refractivity contribution is -0.119. The molecule has 3 heterocycles. The molecular formula is C15H24BN3O3. The largest absolute Gasteiger partial charge is 0.498 e. The van der Waals surface area contributed by atoms with Gasteiger partial charge in [0, 0.05) is 30.9 Å². The maximum Gasteiger partial charge on any atom is 0.498 e. The van der Waals surface area contributed by atoms with Crippen molar-refractivity contribution < 1.29 is 14.1 Å². The Bertz CT molecular complexity index is 534. The molecule has 0 unspecified atom stereocenters. The first-order valence-corrected chi connectivity index (χ1v) is 7.91. The highest BCUT2D eigenvalue weighted by Crippen LogP contribution is 2.36. The molecule has 0 saturated carbocycles. The van der Waals surface area contributed by atoms with Gasteiger partial charge in [0.1, 0.15) is 0 Å². The molecule has 2 aliphatic rings. The molecule has 1 aromatic rings. The molecule has 3 rings (SSSR count). The lowest BCUT2D eigenvalue weighted by Crippen LogP contribution is -2.41. The lowest BCUT2D eigenvalue weighted by Gasteiger charge is -2.32. The van der Waals surface area contributed by atoms with Crippen LogP contribution < -0.4 is 5.46 Å². The average molecular weight is 305 g/mol. The van der Waals surface area contributed by atoms with Crippen molar-refractivity contribution in [2.75, 3.05) is 13.1 Å². The molecule has 0 spiro atoms. The molecule has 1 aromatic heterocycles. The molecule has 6 nitrogen and oxygen atoms in total. The molecule has 120 valence electrons. The van der Waals surface area contributed by atoms with Crippen molar-refractivity contribution in [1.82, 2.24) is 14.7 Å². The predicted molar refractivity (Wildman–Crippen MR) is 83.9 cm³/mol. The summed E-state index contributed by atoms with van der Waals surface area (Å²) in [6.45, 7) is 9.78. The highest BCUT2D eigenvalue weighted by molar-refractivity contribution is 6.61. The van der Waals surface area contributed by atoms with Gasteiger partial charge < -0.3 is 14.2 Å². The molecule has 0 radical (unpaired) electrons. The third-order valence-corrected chi connectivity index (χ3v) is 5.17. The average Bonchev–Trinajstić information content (AvgIpc) is 3.03. The smallest absolute Gasteiger partial charge is 0.399 e. The fourth-order valence-corrected chi connectivity index (χ4v) is 2.91. The number of hydrogen-bond donors (Lipinski definition) is 0. The van der Waals surface area contributed by atoms with E-state index in [9.17, 15) is 4.79 Å². The number of nitrogens with zero attached hydrogens (tertiary/aromatic N) is 3. The summed E-state index contributed by atoms with van der Waals surface area (Å²) in [6, 6.07) is 0.340. The van der Waals surface area contributed by atoms with Crippen LogP contribution in [0.5, 0.6) is 0 Å². The molecule has 1 amide bonds. The van der Waals surface area contributed by atoms with E-state index in [1.54, 1.807) is 0 Å². The van der Waals surface area contributed by atoms with Gasteiger partial charge >= 0.3 is 7.12 Å². The number of likely N-dealkylation sites (tertiary alicyclic amines) is 1. The minimum absolute atomic E-state index is 0.338. The van der Waals surface area contributed by atoms with Crippen molar-refractivity contribution in [3.05, 3.63) is 12.4 Å². The third kappa shape index (κ3) is 2.67. The number of aromatic nitrogens is 2. The van der Waals surface area contributed by atoms with E-state index in [0.29, 0.717) is 6.04 Å². The Morgan fingerprint density at radius 3 is 2.36 bits per heavy atom. The molecule has 0 aliphatic carbocycles. The second-order valence-electron chi connectivity index (χ2n) is 7.21. The van der Waals surface area contributed by atoms with Gasteiger partial charge in [0.25, 0.3) is 0 Å². The van der Waals surface area contributed by atoms with Crippen molar-refractivity contribution in [3.8, 4) is 0 Å². The monoisotopic (exact) mass is 305 g/mol. The number of carbonyl (C=O) groups excluding carboxylic acids is 1. The van der Waals surface area contributed by atoms with Gasteiger partial charge in [-0.3, -0.25) is 9.48 Å². The third-order valence-electron chi connectivity index (χ3n) is 5.17. The summed E-state index contributed by atoms with van der Waals surface area (Å²) in [5.74, 6) is 0. The Morgan fingerprint density at radius 2 is 1.82 bits per heavy atom. The van der Waals surface area contributed by atoms with E-state index >= 15 is 0 Å². The minimum Gasteiger partial charge on any atom is -0.399 e. The predicted octanol–water partition coefficient (Wildman–Crippen LogP) is 0.976. The number of hydrogen-bond acceptors (Lipinski definition) is 4. The maximum absolute atomic E-state index is 10.8. The van der Waals surface area contributed by atoms with Crippen LogP contribution in [0.25, 0.3) is 0 Å². The highest BCUT2D eigenvalue weighted by atomic mass is 16.7. The minimum atomic E-state index is -0.367. The van der Waals surface area contributed by atoms with Crippen LogP contribution in [-0.4, -0.2) is 52.5 Å². The first kappa shape index (κ1) is 15.6. The van der Waals surface area contributed by atoms with Crippen molar-refractivity contribution in [1.29, 1.82) is 0 Å². The van der Waals surface area contributed by atoms with E-state index in [1.165, 1.54) is 0 Å². The lowest BCUT2D eigenvalue weighted by atomic mass is 9.82. The van der Waals surface area contributed by atoms with Gasteiger partial charge in [0.15, 0.2) is 0 Å². The molecule has 0 aromatic carbocycles. The molecule has 7 heteroatoms. The van der Waals surface area contributed by atoms with Crippen LogP contribution in [0.15, 0.2) is 12.4 Å². The van der Waals surface area contributed by atoms with E-state index in [1.807, 2.05) is 49.7 Å². The van der Waals surface area contributed by atoms with Crippen LogP contribution >= 0.6 is 0 Å². The van der Waals surface area contributed by atoms with Crippen molar-refractivity contribution in [2.24, 2.45) is 0 Å². The molecule has 0 atom stereocenters. The Labute approximate surface area is 131 Å². The van der Waals surface area contributed by atoms with Crippen molar-refractivity contribution >= 4 is 19.0 Å². The Hall–Kier alpha value is -1.34. The van der Waals surface area contributed by atoms with E-state index in [2.05, 4.69) is 5.10 Å². The normalized spacial score (nSPS) is 24.7. The second kappa shape index (κ2) is 5.39. The van der Waals surface area contributed by atoms with Crippen LogP contribution in [-0.2, 0) is 14.1 Å². The molecule has 0 N–H and O–H groups in total. The zero-order chi connectivity index (χ0) is 16.0. The second-order valence-corrected chi connectivity index (χ2v) is 7.21. The Morgan fingerprint density at radius 1 is 1.23 bits per heavy atom. The summed E-state index contributed by atoms with van der Waals surface area (Å²) in [6.07, 6.45) is 6.64. The molecule has 2 saturated heterocycles.